The van der Waals surface area contributed by atoms with Crippen LogP contribution in [0, 0.1) is 11.8 Å². The van der Waals surface area contributed by atoms with E-state index in [9.17, 15) is 39.9 Å². The Balaban J connectivity index is 3.30. The lowest BCUT2D eigenvalue weighted by molar-refractivity contribution is -0.384. The van der Waals surface area contributed by atoms with Crippen molar-refractivity contribution in [2.24, 2.45) is 11.8 Å². The van der Waals surface area contributed by atoms with E-state index < -0.39 is 56.7 Å². The van der Waals surface area contributed by atoms with Crippen LogP contribution in [0.3, 0.4) is 0 Å². The number of hydrogen-bond donors (Lipinski definition) is 1. The Hall–Kier alpha value is -0.550. The molecule has 3 unspecified atom stereocenters. The summed E-state index contributed by atoms with van der Waals surface area (Å²) >= 11 is 0. The van der Waals surface area contributed by atoms with E-state index in [0.717, 1.165) is 0 Å². The minimum absolute atomic E-state index is 0.00526. The number of alkyl halides is 6. The molecule has 0 aromatic rings. The van der Waals surface area contributed by atoms with Gasteiger partial charge in [0.05, 0.1) is 5.60 Å². The first-order valence-electron chi connectivity index (χ1n) is 8.06. The minimum atomic E-state index is -5.95. The third kappa shape index (κ3) is 3.71. The summed E-state index contributed by atoms with van der Waals surface area (Å²) < 4.78 is 106. The fourth-order valence-corrected chi connectivity index (χ4v) is 5.91. The molecule has 26 heavy (non-hydrogen) atoms. The molecule has 1 fully saturated rings. The fraction of sp³-hybridized carbons (Fsp3) is 1.00. The summed E-state index contributed by atoms with van der Waals surface area (Å²) in [5, 5.41) is 9.53. The van der Waals surface area contributed by atoms with Gasteiger partial charge in [0.25, 0.3) is 15.7 Å². The van der Waals surface area contributed by atoms with E-state index >= 15 is 0 Å². The maximum atomic E-state index is 13.0. The second-order valence-electron chi connectivity index (χ2n) is 7.79. The molecular weight excluding hydrogens is 390 g/mol. The van der Waals surface area contributed by atoms with Crippen LogP contribution in [0.1, 0.15) is 53.9 Å². The maximum Gasteiger partial charge on any atom is 0.426 e. The first-order valence-corrected chi connectivity index (χ1v) is 9.47. The normalized spacial score (nSPS) is 28.8. The van der Waals surface area contributed by atoms with Crippen LogP contribution in [0.15, 0.2) is 0 Å². The first-order chi connectivity index (χ1) is 11.3. The molecule has 0 saturated carbocycles. The zero-order chi connectivity index (χ0) is 21.0. The predicted octanol–water partition coefficient (Wildman–Crippen LogP) is 4.18. The summed E-state index contributed by atoms with van der Waals surface area (Å²) in [7, 11) is -4.21. The second-order valence-corrected chi connectivity index (χ2v) is 9.80. The standard InChI is InChI=1S/C15H24F6O4S/c1-6-10(12(5)8-11(3,4)25-26(12,23)24)7-9(2)13(22,14(16,17)18)15(19,20)21/h9-10,22H,6-8H2,1-5H3. The van der Waals surface area contributed by atoms with Gasteiger partial charge in [0, 0.05) is 5.92 Å². The molecule has 0 aromatic heterocycles. The van der Waals surface area contributed by atoms with Crippen molar-refractivity contribution < 1.29 is 44.0 Å². The molecule has 1 heterocycles. The van der Waals surface area contributed by atoms with Crippen molar-refractivity contribution in [1.29, 1.82) is 0 Å². The highest BCUT2D eigenvalue weighted by Crippen LogP contribution is 2.53. The van der Waals surface area contributed by atoms with Gasteiger partial charge < -0.3 is 5.11 Å². The molecule has 1 saturated heterocycles. The fourth-order valence-electron chi connectivity index (χ4n) is 3.87. The highest BCUT2D eigenvalue weighted by atomic mass is 32.2. The molecule has 3 atom stereocenters. The molecular formula is C15H24F6O4S. The molecule has 0 bridgehead atoms. The predicted molar refractivity (Wildman–Crippen MR) is 81.7 cm³/mol. The molecule has 156 valence electrons. The Morgan fingerprint density at radius 1 is 1.08 bits per heavy atom. The molecule has 0 aromatic carbocycles. The smallest absolute Gasteiger partial charge is 0.373 e. The van der Waals surface area contributed by atoms with Crippen LogP contribution in [0.25, 0.3) is 0 Å². The number of rotatable bonds is 5. The van der Waals surface area contributed by atoms with E-state index in [4.69, 9.17) is 4.18 Å². The third-order valence-corrected chi connectivity index (χ3v) is 7.55. The maximum absolute atomic E-state index is 13.0. The lowest BCUT2D eigenvalue weighted by Gasteiger charge is -2.40. The van der Waals surface area contributed by atoms with Crippen LogP contribution < -0.4 is 0 Å². The van der Waals surface area contributed by atoms with Crippen LogP contribution in [0.2, 0.25) is 0 Å². The summed E-state index contributed by atoms with van der Waals surface area (Å²) in [4.78, 5) is 0. The Labute approximate surface area is 149 Å². The topological polar surface area (TPSA) is 63.6 Å². The van der Waals surface area contributed by atoms with Gasteiger partial charge in [-0.1, -0.05) is 20.3 Å². The Kier molecular flexibility index (Phi) is 5.88. The van der Waals surface area contributed by atoms with Gasteiger partial charge >= 0.3 is 12.4 Å². The zero-order valence-corrected chi connectivity index (χ0v) is 15.9. The minimum Gasteiger partial charge on any atom is -0.373 e. The van der Waals surface area contributed by atoms with Crippen molar-refractivity contribution in [3.8, 4) is 0 Å². The molecule has 1 aliphatic rings. The van der Waals surface area contributed by atoms with Gasteiger partial charge in [-0.2, -0.15) is 34.8 Å². The zero-order valence-electron chi connectivity index (χ0n) is 15.1. The molecule has 0 radical (unpaired) electrons. The largest absolute Gasteiger partial charge is 0.426 e. The summed E-state index contributed by atoms with van der Waals surface area (Å²) in [5.41, 5.74) is -6.04. The molecule has 0 aliphatic carbocycles. The van der Waals surface area contributed by atoms with Crippen LogP contribution in [-0.4, -0.2) is 41.8 Å². The summed E-state index contributed by atoms with van der Waals surface area (Å²) in [5.74, 6) is -3.37. The molecule has 1 aliphatic heterocycles. The highest BCUT2D eigenvalue weighted by molar-refractivity contribution is 7.88. The van der Waals surface area contributed by atoms with Gasteiger partial charge in [0.15, 0.2) is 0 Å². The molecule has 0 spiro atoms. The van der Waals surface area contributed by atoms with E-state index in [1.54, 1.807) is 0 Å². The lowest BCUT2D eigenvalue weighted by Crippen LogP contribution is -2.61. The van der Waals surface area contributed by atoms with Crippen LogP contribution in [-0.2, 0) is 14.3 Å². The Morgan fingerprint density at radius 2 is 1.50 bits per heavy atom. The summed E-state index contributed by atoms with van der Waals surface area (Å²) in [6, 6.07) is 0. The molecule has 0 amide bonds. The van der Waals surface area contributed by atoms with E-state index in [1.807, 2.05) is 0 Å². The Bertz CT molecular complexity index is 611. The number of hydrogen-bond acceptors (Lipinski definition) is 4. The SMILES string of the molecule is CCC(CC(C)C(O)(C(F)(F)F)C(F)(F)F)C1(C)CC(C)(C)OS1(=O)=O. The monoisotopic (exact) mass is 414 g/mol. The Morgan fingerprint density at radius 3 is 1.77 bits per heavy atom. The highest BCUT2D eigenvalue weighted by Gasteiger charge is 2.73. The van der Waals surface area contributed by atoms with Crippen LogP contribution in [0.4, 0.5) is 26.3 Å². The van der Waals surface area contributed by atoms with Gasteiger partial charge in [-0.25, -0.2) is 0 Å². The molecule has 11 heteroatoms. The van der Waals surface area contributed by atoms with Gasteiger partial charge in [0.2, 0.25) is 0 Å². The molecule has 1 N–H and O–H groups in total. The van der Waals surface area contributed by atoms with Crippen molar-refractivity contribution in [2.45, 2.75) is 82.2 Å². The van der Waals surface area contributed by atoms with Crippen molar-refractivity contribution in [3.63, 3.8) is 0 Å². The van der Waals surface area contributed by atoms with Gasteiger partial charge in [-0.05, 0) is 39.5 Å². The van der Waals surface area contributed by atoms with E-state index in [-0.39, 0.29) is 12.8 Å². The van der Waals surface area contributed by atoms with Gasteiger partial charge in [0.1, 0.15) is 4.75 Å². The van der Waals surface area contributed by atoms with Gasteiger partial charge in [-0.3, -0.25) is 4.18 Å². The summed E-state index contributed by atoms with van der Waals surface area (Å²) in [6.07, 6.45) is -12.8. The second kappa shape index (κ2) is 6.51. The quantitative estimate of drug-likeness (QED) is 0.542. The molecule has 1 rings (SSSR count). The average Bonchev–Trinajstić information content (AvgIpc) is 2.55. The van der Waals surface area contributed by atoms with Crippen molar-refractivity contribution >= 4 is 10.1 Å². The number of halogens is 6. The first kappa shape index (κ1) is 23.5. The van der Waals surface area contributed by atoms with Crippen LogP contribution in [0.5, 0.6) is 0 Å². The van der Waals surface area contributed by atoms with Crippen LogP contribution >= 0.6 is 0 Å². The van der Waals surface area contributed by atoms with Crippen molar-refractivity contribution in [1.82, 2.24) is 0 Å². The average molecular weight is 414 g/mol. The van der Waals surface area contributed by atoms with Crippen molar-refractivity contribution in [2.75, 3.05) is 0 Å². The summed E-state index contributed by atoms with van der Waals surface area (Å²) in [6.45, 7) is 6.32. The molecule has 4 nitrogen and oxygen atoms in total. The van der Waals surface area contributed by atoms with Crippen molar-refractivity contribution in [3.05, 3.63) is 0 Å². The van der Waals surface area contributed by atoms with E-state index in [2.05, 4.69) is 0 Å². The third-order valence-electron chi connectivity index (χ3n) is 5.26. The van der Waals surface area contributed by atoms with E-state index in [0.29, 0.717) is 6.92 Å². The lowest BCUT2D eigenvalue weighted by atomic mass is 9.74. The van der Waals surface area contributed by atoms with E-state index in [1.165, 1.54) is 27.7 Å². The van der Waals surface area contributed by atoms with Gasteiger partial charge in [-0.15, -0.1) is 0 Å². The number of aliphatic hydroxyl groups is 1.